The van der Waals surface area contributed by atoms with Crippen LogP contribution in [0.25, 0.3) is 0 Å². The second-order valence-electron chi connectivity index (χ2n) is 3.68. The topological polar surface area (TPSA) is 63.1 Å². The van der Waals surface area contributed by atoms with Crippen LogP contribution in [0, 0.1) is 12.8 Å². The van der Waals surface area contributed by atoms with Crippen LogP contribution in [0.3, 0.4) is 0 Å². The molecule has 0 unspecified atom stereocenters. The Hall–Kier alpha value is -1.45. The lowest BCUT2D eigenvalue weighted by atomic mass is 10.0. The standard InChI is InChI=1S/C10H14N2O2/c1-6(2)4-9-8(10(13)14)5-11-7(3)12-9/h5-6H,4H2,1-3H3,(H,13,14). The molecule has 1 rings (SSSR count). The van der Waals surface area contributed by atoms with Gasteiger partial charge in [0.15, 0.2) is 0 Å². The van der Waals surface area contributed by atoms with Crippen LogP contribution in [0.2, 0.25) is 0 Å². The van der Waals surface area contributed by atoms with Crippen molar-refractivity contribution in [1.29, 1.82) is 0 Å². The number of aromatic nitrogens is 2. The monoisotopic (exact) mass is 194 g/mol. The number of nitrogens with zero attached hydrogens (tertiary/aromatic N) is 2. The molecule has 0 atom stereocenters. The minimum absolute atomic E-state index is 0.212. The largest absolute Gasteiger partial charge is 0.478 e. The van der Waals surface area contributed by atoms with E-state index in [1.807, 2.05) is 13.8 Å². The second kappa shape index (κ2) is 4.17. The van der Waals surface area contributed by atoms with Gasteiger partial charge in [-0.15, -0.1) is 0 Å². The summed E-state index contributed by atoms with van der Waals surface area (Å²) in [6.45, 7) is 5.82. The van der Waals surface area contributed by atoms with E-state index in [9.17, 15) is 4.79 Å². The lowest BCUT2D eigenvalue weighted by Crippen LogP contribution is -2.09. The number of aromatic carboxylic acids is 1. The first kappa shape index (κ1) is 10.6. The van der Waals surface area contributed by atoms with Crippen LogP contribution >= 0.6 is 0 Å². The Labute approximate surface area is 83.0 Å². The van der Waals surface area contributed by atoms with Gasteiger partial charge in [0.25, 0.3) is 0 Å². The fourth-order valence-electron chi connectivity index (χ4n) is 1.24. The third-order valence-corrected chi connectivity index (χ3v) is 1.82. The Kier molecular flexibility index (Phi) is 3.17. The van der Waals surface area contributed by atoms with Crippen LogP contribution in [-0.4, -0.2) is 21.0 Å². The van der Waals surface area contributed by atoms with E-state index in [1.54, 1.807) is 6.92 Å². The molecule has 1 heterocycles. The van der Waals surface area contributed by atoms with Gasteiger partial charge >= 0.3 is 5.97 Å². The van der Waals surface area contributed by atoms with E-state index in [1.165, 1.54) is 6.20 Å². The number of carboxylic acid groups (broad SMARTS) is 1. The highest BCUT2D eigenvalue weighted by Gasteiger charge is 2.13. The molecule has 0 fully saturated rings. The molecule has 4 heteroatoms. The Morgan fingerprint density at radius 3 is 2.71 bits per heavy atom. The first-order chi connectivity index (χ1) is 6.50. The molecule has 76 valence electrons. The third kappa shape index (κ3) is 2.52. The molecular formula is C10H14N2O2. The molecule has 0 radical (unpaired) electrons. The van der Waals surface area contributed by atoms with Crippen molar-refractivity contribution in [2.75, 3.05) is 0 Å². The molecule has 0 aromatic carbocycles. The summed E-state index contributed by atoms with van der Waals surface area (Å²) < 4.78 is 0. The summed E-state index contributed by atoms with van der Waals surface area (Å²) in [4.78, 5) is 18.9. The molecule has 0 aliphatic rings. The predicted molar refractivity (Wildman–Crippen MR) is 52.3 cm³/mol. The van der Waals surface area contributed by atoms with Gasteiger partial charge in [-0.1, -0.05) is 13.8 Å². The molecule has 14 heavy (non-hydrogen) atoms. The third-order valence-electron chi connectivity index (χ3n) is 1.82. The minimum Gasteiger partial charge on any atom is -0.478 e. The maximum atomic E-state index is 10.8. The van der Waals surface area contributed by atoms with Crippen LogP contribution in [0.15, 0.2) is 6.20 Å². The van der Waals surface area contributed by atoms with Crippen molar-refractivity contribution in [1.82, 2.24) is 9.97 Å². The van der Waals surface area contributed by atoms with E-state index in [0.29, 0.717) is 23.9 Å². The average molecular weight is 194 g/mol. The van der Waals surface area contributed by atoms with E-state index < -0.39 is 5.97 Å². The summed E-state index contributed by atoms with van der Waals surface area (Å²) in [6.07, 6.45) is 2.05. The fraction of sp³-hybridized carbons (Fsp3) is 0.500. The highest BCUT2D eigenvalue weighted by molar-refractivity contribution is 5.88. The van der Waals surface area contributed by atoms with Crippen molar-refractivity contribution in [3.63, 3.8) is 0 Å². The number of hydrogen-bond acceptors (Lipinski definition) is 3. The quantitative estimate of drug-likeness (QED) is 0.795. The molecular weight excluding hydrogens is 180 g/mol. The number of carboxylic acids is 1. The van der Waals surface area contributed by atoms with Crippen LogP contribution < -0.4 is 0 Å². The molecule has 0 aliphatic carbocycles. The maximum absolute atomic E-state index is 10.8. The molecule has 0 saturated carbocycles. The average Bonchev–Trinajstić information content (AvgIpc) is 2.01. The molecule has 0 saturated heterocycles. The SMILES string of the molecule is Cc1ncc(C(=O)O)c(CC(C)C)n1. The summed E-state index contributed by atoms with van der Waals surface area (Å²) in [7, 11) is 0. The Morgan fingerprint density at radius 2 is 2.21 bits per heavy atom. The van der Waals surface area contributed by atoms with Crippen LogP contribution in [-0.2, 0) is 6.42 Å². The smallest absolute Gasteiger partial charge is 0.339 e. The zero-order chi connectivity index (χ0) is 10.7. The zero-order valence-electron chi connectivity index (χ0n) is 8.61. The molecule has 1 aromatic heterocycles. The van der Waals surface area contributed by atoms with E-state index >= 15 is 0 Å². The summed E-state index contributed by atoms with van der Waals surface area (Å²) in [6, 6.07) is 0. The Balaban J connectivity index is 3.09. The maximum Gasteiger partial charge on any atom is 0.339 e. The van der Waals surface area contributed by atoms with Gasteiger partial charge in [0, 0.05) is 6.20 Å². The van der Waals surface area contributed by atoms with Crippen molar-refractivity contribution in [2.24, 2.45) is 5.92 Å². The highest BCUT2D eigenvalue weighted by atomic mass is 16.4. The summed E-state index contributed by atoms with van der Waals surface area (Å²) in [5.74, 6) is 0.0497. The van der Waals surface area contributed by atoms with E-state index in [4.69, 9.17) is 5.11 Å². The summed E-state index contributed by atoms with van der Waals surface area (Å²) in [5.41, 5.74) is 0.837. The number of hydrogen-bond donors (Lipinski definition) is 1. The van der Waals surface area contributed by atoms with Gasteiger partial charge < -0.3 is 5.11 Å². The van der Waals surface area contributed by atoms with Crippen molar-refractivity contribution < 1.29 is 9.90 Å². The lowest BCUT2D eigenvalue weighted by Gasteiger charge is -2.07. The number of carbonyl (C=O) groups is 1. The molecule has 4 nitrogen and oxygen atoms in total. The highest BCUT2D eigenvalue weighted by Crippen LogP contribution is 2.10. The number of rotatable bonds is 3. The van der Waals surface area contributed by atoms with Crippen LogP contribution in [0.1, 0.15) is 35.7 Å². The van der Waals surface area contributed by atoms with Crippen LogP contribution in [0.4, 0.5) is 0 Å². The van der Waals surface area contributed by atoms with Gasteiger partial charge in [0.2, 0.25) is 0 Å². The fourth-order valence-corrected chi connectivity index (χ4v) is 1.24. The number of aryl methyl sites for hydroxylation is 1. The van der Waals surface area contributed by atoms with Gasteiger partial charge in [-0.05, 0) is 19.3 Å². The van der Waals surface area contributed by atoms with E-state index in [0.717, 1.165) is 0 Å². The predicted octanol–water partition coefficient (Wildman–Crippen LogP) is 1.68. The summed E-state index contributed by atoms with van der Waals surface area (Å²) in [5, 5.41) is 8.89. The minimum atomic E-state index is -0.958. The van der Waals surface area contributed by atoms with Gasteiger partial charge in [0.1, 0.15) is 5.82 Å². The lowest BCUT2D eigenvalue weighted by molar-refractivity contribution is 0.0694. The molecule has 1 aromatic rings. The first-order valence-corrected chi connectivity index (χ1v) is 4.56. The molecule has 0 aliphatic heterocycles. The normalized spacial score (nSPS) is 10.6. The molecule has 0 bridgehead atoms. The zero-order valence-corrected chi connectivity index (χ0v) is 8.61. The Morgan fingerprint density at radius 1 is 1.57 bits per heavy atom. The van der Waals surface area contributed by atoms with E-state index in [2.05, 4.69) is 9.97 Å². The van der Waals surface area contributed by atoms with Gasteiger partial charge in [0.05, 0.1) is 11.3 Å². The molecule has 0 spiro atoms. The van der Waals surface area contributed by atoms with E-state index in [-0.39, 0.29) is 5.56 Å². The van der Waals surface area contributed by atoms with Crippen molar-refractivity contribution in [2.45, 2.75) is 27.2 Å². The first-order valence-electron chi connectivity index (χ1n) is 4.56. The van der Waals surface area contributed by atoms with Gasteiger partial charge in [-0.3, -0.25) is 0 Å². The Bertz CT molecular complexity index is 348. The van der Waals surface area contributed by atoms with Crippen molar-refractivity contribution >= 4 is 5.97 Å². The molecule has 1 N–H and O–H groups in total. The van der Waals surface area contributed by atoms with Gasteiger partial charge in [-0.2, -0.15) is 0 Å². The van der Waals surface area contributed by atoms with Gasteiger partial charge in [-0.25, -0.2) is 14.8 Å². The molecule has 0 amide bonds. The van der Waals surface area contributed by atoms with Crippen molar-refractivity contribution in [3.05, 3.63) is 23.3 Å². The van der Waals surface area contributed by atoms with Crippen LogP contribution in [0.5, 0.6) is 0 Å². The van der Waals surface area contributed by atoms with Crippen molar-refractivity contribution in [3.8, 4) is 0 Å². The summed E-state index contributed by atoms with van der Waals surface area (Å²) >= 11 is 0. The second-order valence-corrected chi connectivity index (χ2v) is 3.68.